The molecule has 28 heavy (non-hydrogen) atoms. The van der Waals surface area contributed by atoms with Gasteiger partial charge in [-0.3, -0.25) is 4.79 Å². The largest absolute Gasteiger partial charge is 0.465 e. The van der Waals surface area contributed by atoms with Crippen LogP contribution in [0, 0.1) is 18.3 Å². The average Bonchev–Trinajstić information content (AvgIpc) is 2.68. The number of halogens is 1. The Morgan fingerprint density at radius 3 is 2.71 bits per heavy atom. The number of esters is 1. The second-order valence-electron chi connectivity index (χ2n) is 5.80. The monoisotopic (exact) mass is 395 g/mol. The summed E-state index contributed by atoms with van der Waals surface area (Å²) in [5.41, 5.74) is 1.53. The van der Waals surface area contributed by atoms with E-state index < -0.39 is 11.5 Å². The number of methoxy groups -OCH3 is 1. The molecule has 0 saturated heterocycles. The molecule has 0 amide bonds. The zero-order valence-corrected chi connectivity index (χ0v) is 15.7. The molecule has 0 spiro atoms. The molecule has 1 N–H and O–H groups in total. The number of nitriles is 1. The summed E-state index contributed by atoms with van der Waals surface area (Å²) >= 11 is 6.32. The first-order valence-corrected chi connectivity index (χ1v) is 8.47. The van der Waals surface area contributed by atoms with Crippen molar-refractivity contribution in [2.75, 3.05) is 7.11 Å². The molecule has 0 aliphatic carbocycles. The minimum absolute atomic E-state index is 0.00257. The predicted octanol–water partition coefficient (Wildman–Crippen LogP) is 3.85. The van der Waals surface area contributed by atoms with Gasteiger partial charge in [-0.15, -0.1) is 0 Å². The summed E-state index contributed by atoms with van der Waals surface area (Å²) in [6.07, 6.45) is 1.42. The van der Waals surface area contributed by atoms with Crippen LogP contribution < -0.4 is 10.3 Å². The maximum absolute atomic E-state index is 12.0. The molecule has 0 radical (unpaired) electrons. The lowest BCUT2D eigenvalue weighted by Crippen LogP contribution is -2.12. The molecule has 0 saturated carbocycles. The molecule has 2 aromatic heterocycles. The number of carbonyl (C=O) groups is 1. The van der Waals surface area contributed by atoms with Crippen molar-refractivity contribution in [3.8, 4) is 28.8 Å². The molecule has 140 valence electrons. The zero-order chi connectivity index (χ0) is 20.3. The van der Waals surface area contributed by atoms with Crippen LogP contribution in [0.15, 0.2) is 47.4 Å². The first-order valence-electron chi connectivity index (χ1n) is 8.09. The van der Waals surface area contributed by atoms with Crippen molar-refractivity contribution >= 4 is 17.6 Å². The van der Waals surface area contributed by atoms with Gasteiger partial charge in [0, 0.05) is 23.5 Å². The van der Waals surface area contributed by atoms with Crippen molar-refractivity contribution in [1.29, 1.82) is 5.26 Å². The van der Waals surface area contributed by atoms with Gasteiger partial charge in [0.25, 0.3) is 5.56 Å². The van der Waals surface area contributed by atoms with Gasteiger partial charge in [0.05, 0.1) is 17.7 Å². The Morgan fingerprint density at radius 2 is 2.04 bits per heavy atom. The van der Waals surface area contributed by atoms with E-state index in [1.807, 2.05) is 6.07 Å². The van der Waals surface area contributed by atoms with Crippen LogP contribution in [0.1, 0.15) is 21.6 Å². The van der Waals surface area contributed by atoms with E-state index in [1.54, 1.807) is 31.2 Å². The lowest BCUT2D eigenvalue weighted by molar-refractivity contribution is 0.0600. The number of nitrogens with zero attached hydrogens (tertiary/aromatic N) is 2. The highest BCUT2D eigenvalue weighted by Crippen LogP contribution is 2.33. The van der Waals surface area contributed by atoms with Gasteiger partial charge < -0.3 is 14.5 Å². The lowest BCUT2D eigenvalue weighted by Gasteiger charge is -2.10. The van der Waals surface area contributed by atoms with Crippen molar-refractivity contribution in [3.63, 3.8) is 0 Å². The third-order valence-electron chi connectivity index (χ3n) is 3.89. The number of rotatable bonds is 4. The summed E-state index contributed by atoms with van der Waals surface area (Å²) < 4.78 is 10.3. The minimum atomic E-state index is -0.512. The smallest absolute Gasteiger partial charge is 0.338 e. The fraction of sp³-hybridized carbons (Fsp3) is 0.100. The second-order valence-corrected chi connectivity index (χ2v) is 6.21. The number of nitrogens with one attached hydrogen (secondary N) is 1. The van der Waals surface area contributed by atoms with Crippen LogP contribution >= 0.6 is 11.6 Å². The number of aromatic nitrogens is 2. The molecule has 0 aliphatic heterocycles. The van der Waals surface area contributed by atoms with Gasteiger partial charge in [-0.25, -0.2) is 9.78 Å². The number of carbonyl (C=O) groups excluding carboxylic acids is 1. The summed E-state index contributed by atoms with van der Waals surface area (Å²) in [5.74, 6) is -0.0373. The van der Waals surface area contributed by atoms with Crippen molar-refractivity contribution in [3.05, 3.63) is 74.8 Å². The highest BCUT2D eigenvalue weighted by Gasteiger charge is 2.14. The van der Waals surface area contributed by atoms with Crippen molar-refractivity contribution in [1.82, 2.24) is 9.97 Å². The van der Waals surface area contributed by atoms with E-state index in [2.05, 4.69) is 14.7 Å². The maximum atomic E-state index is 12.0. The SMILES string of the molecule is COC(=O)c1ccnc(Oc2ccc(-c3cc(C)[nH]c(=O)c3C#N)cc2Cl)c1. The van der Waals surface area contributed by atoms with E-state index in [9.17, 15) is 14.9 Å². The van der Waals surface area contributed by atoms with E-state index in [4.69, 9.17) is 16.3 Å². The number of hydrogen-bond donors (Lipinski definition) is 1. The van der Waals surface area contributed by atoms with Crippen molar-refractivity contribution in [2.24, 2.45) is 0 Å². The summed E-state index contributed by atoms with van der Waals surface area (Å²) in [7, 11) is 1.28. The van der Waals surface area contributed by atoms with Gasteiger partial charge in [0.15, 0.2) is 0 Å². The lowest BCUT2D eigenvalue weighted by atomic mass is 10.0. The third kappa shape index (κ3) is 3.87. The van der Waals surface area contributed by atoms with Crippen LogP contribution in [-0.2, 0) is 4.74 Å². The number of H-pyrrole nitrogens is 1. The molecule has 7 nitrogen and oxygen atoms in total. The first kappa shape index (κ1) is 19.1. The molecule has 0 aliphatic rings. The molecule has 0 bridgehead atoms. The Labute approximate surface area is 165 Å². The Hall–Kier alpha value is -3.63. The number of aromatic amines is 1. The number of hydrogen-bond acceptors (Lipinski definition) is 6. The minimum Gasteiger partial charge on any atom is -0.465 e. The number of pyridine rings is 2. The van der Waals surface area contributed by atoms with Crippen LogP contribution in [0.4, 0.5) is 0 Å². The molecule has 8 heteroatoms. The van der Waals surface area contributed by atoms with Gasteiger partial charge in [0.2, 0.25) is 5.88 Å². The zero-order valence-electron chi connectivity index (χ0n) is 14.9. The van der Waals surface area contributed by atoms with Crippen molar-refractivity contribution in [2.45, 2.75) is 6.92 Å². The normalized spacial score (nSPS) is 10.2. The molecule has 3 aromatic rings. The summed E-state index contributed by atoms with van der Waals surface area (Å²) in [4.78, 5) is 30.2. The second kappa shape index (κ2) is 7.94. The van der Waals surface area contributed by atoms with Crippen LogP contribution in [0.25, 0.3) is 11.1 Å². The molecule has 1 aromatic carbocycles. The Bertz CT molecular complexity index is 1160. The summed E-state index contributed by atoms with van der Waals surface area (Å²) in [6.45, 7) is 1.73. The Morgan fingerprint density at radius 1 is 1.25 bits per heavy atom. The van der Waals surface area contributed by atoms with Crippen LogP contribution in [-0.4, -0.2) is 23.0 Å². The molecule has 3 rings (SSSR count). The number of ether oxygens (including phenoxy) is 2. The quantitative estimate of drug-likeness (QED) is 0.672. The molecule has 0 fully saturated rings. The summed E-state index contributed by atoms with van der Waals surface area (Å²) in [5, 5.41) is 9.54. The standard InChI is InChI=1S/C20H14ClN3O4/c1-11-7-14(15(10-22)19(25)24-11)12-3-4-17(16(21)8-12)28-18-9-13(5-6-23-18)20(26)27-2/h3-9H,1-2H3,(H,24,25). The molecular weight excluding hydrogens is 382 g/mol. The highest BCUT2D eigenvalue weighted by atomic mass is 35.5. The van der Waals surface area contributed by atoms with E-state index >= 15 is 0 Å². The molecule has 0 atom stereocenters. The number of aryl methyl sites for hydroxylation is 1. The third-order valence-corrected chi connectivity index (χ3v) is 4.19. The fourth-order valence-electron chi connectivity index (χ4n) is 2.60. The van der Waals surface area contributed by atoms with E-state index in [0.717, 1.165) is 0 Å². The van der Waals surface area contributed by atoms with E-state index in [0.29, 0.717) is 22.6 Å². The van der Waals surface area contributed by atoms with E-state index in [1.165, 1.54) is 25.4 Å². The molecular formula is C20H14ClN3O4. The topological polar surface area (TPSA) is 105 Å². The highest BCUT2D eigenvalue weighted by molar-refractivity contribution is 6.32. The fourth-order valence-corrected chi connectivity index (χ4v) is 2.82. The van der Waals surface area contributed by atoms with Gasteiger partial charge in [0.1, 0.15) is 17.4 Å². The van der Waals surface area contributed by atoms with Gasteiger partial charge in [-0.2, -0.15) is 5.26 Å². The van der Waals surface area contributed by atoms with Gasteiger partial charge in [-0.05, 0) is 36.8 Å². The van der Waals surface area contributed by atoms with Gasteiger partial charge in [-0.1, -0.05) is 17.7 Å². The van der Waals surface area contributed by atoms with Gasteiger partial charge >= 0.3 is 5.97 Å². The van der Waals surface area contributed by atoms with Crippen LogP contribution in [0.2, 0.25) is 5.02 Å². The Balaban J connectivity index is 1.96. The van der Waals surface area contributed by atoms with E-state index in [-0.39, 0.29) is 22.0 Å². The average molecular weight is 396 g/mol. The maximum Gasteiger partial charge on any atom is 0.338 e. The number of benzene rings is 1. The van der Waals surface area contributed by atoms with Crippen molar-refractivity contribution < 1.29 is 14.3 Å². The molecule has 0 unspecified atom stereocenters. The predicted molar refractivity (Wildman–Crippen MR) is 103 cm³/mol. The Kier molecular flexibility index (Phi) is 5.43. The molecule has 2 heterocycles. The first-order chi connectivity index (χ1) is 13.4. The van der Waals surface area contributed by atoms with Crippen LogP contribution in [0.3, 0.4) is 0 Å². The van der Waals surface area contributed by atoms with Crippen LogP contribution in [0.5, 0.6) is 11.6 Å². The summed E-state index contributed by atoms with van der Waals surface area (Å²) in [6, 6.07) is 11.4.